The van der Waals surface area contributed by atoms with Gasteiger partial charge in [-0.2, -0.15) is 0 Å². The van der Waals surface area contributed by atoms with E-state index < -0.39 is 0 Å². The summed E-state index contributed by atoms with van der Waals surface area (Å²) in [6.45, 7) is 8.64. The van der Waals surface area contributed by atoms with Gasteiger partial charge < -0.3 is 9.84 Å². The maximum atomic E-state index is 9.76. The van der Waals surface area contributed by atoms with Crippen molar-refractivity contribution in [2.24, 2.45) is 17.3 Å². The Hall–Kier alpha value is -0.0800. The zero-order valence-electron chi connectivity index (χ0n) is 13.3. The molecule has 1 aliphatic carbocycles. The van der Waals surface area contributed by atoms with Gasteiger partial charge in [-0.05, 0) is 49.4 Å². The minimum Gasteiger partial charge on any atom is -0.396 e. The van der Waals surface area contributed by atoms with E-state index >= 15 is 0 Å². The first-order valence-corrected chi connectivity index (χ1v) is 8.30. The van der Waals surface area contributed by atoms with Crippen molar-refractivity contribution in [3.05, 3.63) is 0 Å². The highest BCUT2D eigenvalue weighted by Gasteiger charge is 2.34. The van der Waals surface area contributed by atoms with Crippen molar-refractivity contribution in [1.29, 1.82) is 0 Å². The Balaban J connectivity index is 2.25. The molecule has 1 aliphatic rings. The first-order valence-electron chi connectivity index (χ1n) is 8.30. The van der Waals surface area contributed by atoms with Crippen molar-refractivity contribution >= 4 is 0 Å². The van der Waals surface area contributed by atoms with E-state index in [2.05, 4.69) is 20.8 Å². The second kappa shape index (κ2) is 8.97. The summed E-state index contributed by atoms with van der Waals surface area (Å²) in [6.07, 6.45) is 10.1. The molecule has 1 rings (SSSR count). The molecule has 0 saturated heterocycles. The number of aliphatic hydroxyl groups is 1. The zero-order chi connectivity index (χ0) is 14.1. The molecule has 0 heterocycles. The van der Waals surface area contributed by atoms with Crippen LogP contribution in [0, 0.1) is 17.3 Å². The van der Waals surface area contributed by atoms with Gasteiger partial charge >= 0.3 is 0 Å². The molecule has 0 aliphatic heterocycles. The SMILES string of the molecule is CCCCC1CCC(CO)(CCOCC(C)C)CC1. The predicted octanol–water partition coefficient (Wildman–Crippen LogP) is 4.41. The lowest BCUT2D eigenvalue weighted by atomic mass is 9.68. The second-order valence-corrected chi connectivity index (χ2v) is 6.96. The van der Waals surface area contributed by atoms with Crippen LogP contribution in [-0.2, 0) is 4.74 Å². The van der Waals surface area contributed by atoms with Crippen molar-refractivity contribution in [2.45, 2.75) is 72.1 Å². The van der Waals surface area contributed by atoms with Crippen molar-refractivity contribution in [2.75, 3.05) is 19.8 Å². The predicted molar refractivity (Wildman–Crippen MR) is 81.3 cm³/mol. The van der Waals surface area contributed by atoms with Gasteiger partial charge in [-0.1, -0.05) is 40.0 Å². The van der Waals surface area contributed by atoms with Crippen molar-refractivity contribution in [1.82, 2.24) is 0 Å². The van der Waals surface area contributed by atoms with Crippen molar-refractivity contribution in [3.63, 3.8) is 0 Å². The van der Waals surface area contributed by atoms with Gasteiger partial charge in [0.15, 0.2) is 0 Å². The van der Waals surface area contributed by atoms with Gasteiger partial charge in [-0.25, -0.2) is 0 Å². The average Bonchev–Trinajstić information content (AvgIpc) is 2.42. The monoisotopic (exact) mass is 270 g/mol. The highest BCUT2D eigenvalue weighted by atomic mass is 16.5. The fourth-order valence-corrected chi connectivity index (χ4v) is 3.17. The van der Waals surface area contributed by atoms with Gasteiger partial charge in [0.25, 0.3) is 0 Å². The number of hydrogen-bond donors (Lipinski definition) is 1. The minimum atomic E-state index is 0.166. The van der Waals surface area contributed by atoms with Gasteiger partial charge in [-0.3, -0.25) is 0 Å². The molecule has 19 heavy (non-hydrogen) atoms. The Bertz CT molecular complexity index is 217. The molecule has 2 nitrogen and oxygen atoms in total. The Morgan fingerprint density at radius 3 is 2.47 bits per heavy atom. The summed E-state index contributed by atoms with van der Waals surface area (Å²) in [5, 5.41) is 9.76. The molecule has 2 heteroatoms. The standard InChI is InChI=1S/C17H34O2/c1-4-5-6-16-7-9-17(14-18,10-8-16)11-12-19-13-15(2)3/h15-16,18H,4-14H2,1-3H3. The largest absolute Gasteiger partial charge is 0.396 e. The third-order valence-corrected chi connectivity index (χ3v) is 4.70. The van der Waals surface area contributed by atoms with Gasteiger partial charge in [0.2, 0.25) is 0 Å². The smallest absolute Gasteiger partial charge is 0.0488 e. The van der Waals surface area contributed by atoms with E-state index in [1.807, 2.05) is 0 Å². The molecule has 0 radical (unpaired) electrons. The van der Waals surface area contributed by atoms with Crippen LogP contribution in [-0.4, -0.2) is 24.9 Å². The maximum Gasteiger partial charge on any atom is 0.0488 e. The molecule has 0 aromatic carbocycles. The van der Waals surface area contributed by atoms with Crippen LogP contribution in [0.2, 0.25) is 0 Å². The molecule has 1 N–H and O–H groups in total. The number of unbranched alkanes of at least 4 members (excludes halogenated alkanes) is 1. The van der Waals surface area contributed by atoms with Gasteiger partial charge in [0, 0.05) is 19.8 Å². The van der Waals surface area contributed by atoms with Gasteiger partial charge in [0.1, 0.15) is 0 Å². The topological polar surface area (TPSA) is 29.5 Å². The summed E-state index contributed by atoms with van der Waals surface area (Å²) in [7, 11) is 0. The maximum absolute atomic E-state index is 9.76. The van der Waals surface area contributed by atoms with E-state index in [1.54, 1.807) is 0 Å². The van der Waals surface area contributed by atoms with Crippen LogP contribution < -0.4 is 0 Å². The molecule has 1 saturated carbocycles. The number of rotatable bonds is 9. The summed E-state index contributed by atoms with van der Waals surface area (Å²) in [4.78, 5) is 0. The molecule has 0 atom stereocenters. The van der Waals surface area contributed by atoms with Crippen molar-refractivity contribution in [3.8, 4) is 0 Å². The molecule has 114 valence electrons. The summed E-state index contributed by atoms with van der Waals surface area (Å²) in [6, 6.07) is 0. The number of hydrogen-bond acceptors (Lipinski definition) is 2. The van der Waals surface area contributed by atoms with Crippen LogP contribution in [0.4, 0.5) is 0 Å². The fraction of sp³-hybridized carbons (Fsp3) is 1.00. The van der Waals surface area contributed by atoms with E-state index in [4.69, 9.17) is 4.74 Å². The Labute approximate surface area is 119 Å². The van der Waals surface area contributed by atoms with Gasteiger partial charge in [-0.15, -0.1) is 0 Å². The minimum absolute atomic E-state index is 0.166. The zero-order valence-corrected chi connectivity index (χ0v) is 13.3. The summed E-state index contributed by atoms with van der Waals surface area (Å²) in [5.74, 6) is 1.52. The van der Waals surface area contributed by atoms with Crippen LogP contribution in [0.3, 0.4) is 0 Å². The summed E-state index contributed by atoms with van der Waals surface area (Å²) >= 11 is 0. The Morgan fingerprint density at radius 2 is 1.95 bits per heavy atom. The van der Waals surface area contributed by atoms with Crippen LogP contribution in [0.25, 0.3) is 0 Å². The van der Waals surface area contributed by atoms with Crippen LogP contribution in [0.1, 0.15) is 72.1 Å². The Morgan fingerprint density at radius 1 is 1.26 bits per heavy atom. The van der Waals surface area contributed by atoms with Crippen LogP contribution in [0.15, 0.2) is 0 Å². The van der Waals surface area contributed by atoms with Gasteiger partial charge in [0.05, 0.1) is 0 Å². The highest BCUT2D eigenvalue weighted by Crippen LogP contribution is 2.42. The third kappa shape index (κ3) is 6.27. The van der Waals surface area contributed by atoms with E-state index in [0.29, 0.717) is 12.5 Å². The van der Waals surface area contributed by atoms with E-state index in [9.17, 15) is 5.11 Å². The average molecular weight is 270 g/mol. The molecule has 1 fully saturated rings. The normalized spacial score (nSPS) is 27.9. The summed E-state index contributed by atoms with van der Waals surface area (Å²) < 4.78 is 5.71. The Kier molecular flexibility index (Phi) is 8.01. The van der Waals surface area contributed by atoms with Crippen LogP contribution in [0.5, 0.6) is 0 Å². The van der Waals surface area contributed by atoms with E-state index in [0.717, 1.165) is 25.6 Å². The molecule has 0 unspecified atom stereocenters. The van der Waals surface area contributed by atoms with E-state index in [-0.39, 0.29) is 5.41 Å². The van der Waals surface area contributed by atoms with E-state index in [1.165, 1.54) is 44.9 Å². The lowest BCUT2D eigenvalue weighted by Crippen LogP contribution is -2.32. The molecule has 0 aromatic rings. The molecular formula is C17H34O2. The first-order chi connectivity index (χ1) is 9.12. The molecule has 0 aromatic heterocycles. The fourth-order valence-electron chi connectivity index (χ4n) is 3.17. The third-order valence-electron chi connectivity index (χ3n) is 4.70. The highest BCUT2D eigenvalue weighted by molar-refractivity contribution is 4.85. The quantitative estimate of drug-likeness (QED) is 0.629. The molecule has 0 spiro atoms. The molecular weight excluding hydrogens is 236 g/mol. The first kappa shape index (κ1) is 17.0. The molecule has 0 amide bonds. The number of aliphatic hydroxyl groups excluding tert-OH is 1. The van der Waals surface area contributed by atoms with Crippen molar-refractivity contribution < 1.29 is 9.84 Å². The lowest BCUT2D eigenvalue weighted by molar-refractivity contribution is 0.0147. The second-order valence-electron chi connectivity index (χ2n) is 6.96. The lowest BCUT2D eigenvalue weighted by Gasteiger charge is -2.39. The molecule has 0 bridgehead atoms. The number of ether oxygens (including phenoxy) is 1. The summed E-state index contributed by atoms with van der Waals surface area (Å²) in [5.41, 5.74) is 0.166. The van der Waals surface area contributed by atoms with Crippen LogP contribution >= 0.6 is 0 Å².